The van der Waals surface area contributed by atoms with Crippen molar-refractivity contribution < 1.29 is 9.53 Å². The maximum atomic E-state index is 11.4. The molecule has 0 bridgehead atoms. The van der Waals surface area contributed by atoms with Gasteiger partial charge in [-0.2, -0.15) is 0 Å². The smallest absolute Gasteiger partial charge is 0.316 e. The highest BCUT2D eigenvalue weighted by atomic mass is 32.2. The summed E-state index contributed by atoms with van der Waals surface area (Å²) in [5, 5.41) is 0.772. The molecule has 6 heteroatoms. The Hall–Kier alpha value is -1.30. The number of thioether (sulfide) groups is 1. The zero-order chi connectivity index (χ0) is 14.4. The van der Waals surface area contributed by atoms with Crippen LogP contribution in [0, 0.1) is 0 Å². The second kappa shape index (κ2) is 7.47. The van der Waals surface area contributed by atoms with Crippen LogP contribution in [0.1, 0.15) is 33.1 Å². The van der Waals surface area contributed by atoms with Gasteiger partial charge in [0, 0.05) is 12.6 Å². The third kappa shape index (κ3) is 4.10. The van der Waals surface area contributed by atoms with Gasteiger partial charge in [0.15, 0.2) is 0 Å². The first-order valence-corrected chi connectivity index (χ1v) is 8.06. The molecule has 110 valence electrons. The Bertz CT molecular complexity index is 456. The van der Waals surface area contributed by atoms with E-state index in [1.54, 1.807) is 19.3 Å². The van der Waals surface area contributed by atoms with Crippen molar-refractivity contribution in [3.8, 4) is 0 Å². The number of ether oxygens (including phenoxy) is 1. The van der Waals surface area contributed by atoms with Gasteiger partial charge in [-0.15, -0.1) is 0 Å². The largest absolute Gasteiger partial charge is 0.465 e. The number of rotatable bonds is 5. The van der Waals surface area contributed by atoms with Crippen molar-refractivity contribution in [1.29, 1.82) is 0 Å². The fourth-order valence-electron chi connectivity index (χ4n) is 2.32. The van der Waals surface area contributed by atoms with Crippen LogP contribution in [0.15, 0.2) is 17.4 Å². The van der Waals surface area contributed by atoms with Crippen LogP contribution in [0.3, 0.4) is 0 Å². The first-order chi connectivity index (χ1) is 9.70. The van der Waals surface area contributed by atoms with Crippen LogP contribution in [0.5, 0.6) is 0 Å². The number of hydrogen-bond donors (Lipinski definition) is 0. The first-order valence-electron chi connectivity index (χ1n) is 7.07. The molecular weight excluding hydrogens is 274 g/mol. The van der Waals surface area contributed by atoms with Gasteiger partial charge in [-0.3, -0.25) is 9.78 Å². The van der Waals surface area contributed by atoms with E-state index in [0.29, 0.717) is 12.6 Å². The number of carbonyl (C=O) groups excluding carboxylic acids is 1. The monoisotopic (exact) mass is 295 g/mol. The lowest BCUT2D eigenvalue weighted by Gasteiger charge is -2.34. The summed E-state index contributed by atoms with van der Waals surface area (Å²) in [7, 11) is 0. The minimum Gasteiger partial charge on any atom is -0.465 e. The van der Waals surface area contributed by atoms with Crippen molar-refractivity contribution in [3.05, 3.63) is 12.4 Å². The normalized spacial score (nSPS) is 18.9. The summed E-state index contributed by atoms with van der Waals surface area (Å²) in [6.45, 7) is 5.47. The van der Waals surface area contributed by atoms with E-state index in [4.69, 9.17) is 4.74 Å². The number of piperidine rings is 1. The molecule has 1 aromatic heterocycles. The lowest BCUT2D eigenvalue weighted by molar-refractivity contribution is -0.139. The van der Waals surface area contributed by atoms with E-state index in [2.05, 4.69) is 21.8 Å². The van der Waals surface area contributed by atoms with E-state index in [1.807, 2.05) is 0 Å². The molecule has 1 aliphatic heterocycles. The zero-order valence-electron chi connectivity index (χ0n) is 12.0. The molecule has 1 unspecified atom stereocenters. The van der Waals surface area contributed by atoms with Crippen LogP contribution in [0.25, 0.3) is 0 Å². The molecule has 2 rings (SSSR count). The van der Waals surface area contributed by atoms with Gasteiger partial charge in [-0.25, -0.2) is 4.98 Å². The Morgan fingerprint density at radius 2 is 2.35 bits per heavy atom. The predicted octanol–water partition coefficient (Wildman–Crippen LogP) is 2.51. The lowest BCUT2D eigenvalue weighted by Crippen LogP contribution is -2.38. The van der Waals surface area contributed by atoms with Crippen molar-refractivity contribution in [2.24, 2.45) is 0 Å². The van der Waals surface area contributed by atoms with Gasteiger partial charge in [0.1, 0.15) is 10.8 Å². The highest BCUT2D eigenvalue weighted by molar-refractivity contribution is 7.99. The van der Waals surface area contributed by atoms with E-state index in [-0.39, 0.29) is 11.7 Å². The topological polar surface area (TPSA) is 55.3 Å². The lowest BCUT2D eigenvalue weighted by atomic mass is 10.0. The van der Waals surface area contributed by atoms with E-state index >= 15 is 0 Å². The van der Waals surface area contributed by atoms with Crippen molar-refractivity contribution in [2.75, 3.05) is 23.8 Å². The molecule has 1 saturated heterocycles. The number of anilines is 1. The molecule has 0 saturated carbocycles. The van der Waals surface area contributed by atoms with Gasteiger partial charge in [-0.05, 0) is 33.1 Å². The summed E-state index contributed by atoms with van der Waals surface area (Å²) >= 11 is 1.37. The van der Waals surface area contributed by atoms with Gasteiger partial charge in [-0.1, -0.05) is 11.8 Å². The van der Waals surface area contributed by atoms with Crippen LogP contribution in [0.4, 0.5) is 5.82 Å². The van der Waals surface area contributed by atoms with Gasteiger partial charge >= 0.3 is 5.97 Å². The van der Waals surface area contributed by atoms with E-state index in [0.717, 1.165) is 17.4 Å². The average Bonchev–Trinajstić information content (AvgIpc) is 2.46. The fourth-order valence-corrected chi connectivity index (χ4v) is 2.96. The standard InChI is InChI=1S/C14H21N3O2S/c1-3-19-14(18)10-20-13-9-15-8-12(16-13)17-7-5-4-6-11(17)2/h8-9,11H,3-7,10H2,1-2H3. The zero-order valence-corrected chi connectivity index (χ0v) is 12.9. The Morgan fingerprint density at radius 1 is 1.50 bits per heavy atom. The molecule has 20 heavy (non-hydrogen) atoms. The van der Waals surface area contributed by atoms with Gasteiger partial charge in [0.25, 0.3) is 0 Å². The van der Waals surface area contributed by atoms with Crippen LogP contribution in [-0.2, 0) is 9.53 Å². The number of hydrogen-bond acceptors (Lipinski definition) is 6. The molecule has 1 atom stereocenters. The minimum absolute atomic E-state index is 0.212. The molecule has 1 aromatic rings. The Balaban J connectivity index is 1.98. The van der Waals surface area contributed by atoms with Crippen molar-refractivity contribution in [1.82, 2.24) is 9.97 Å². The molecular formula is C14H21N3O2S. The highest BCUT2D eigenvalue weighted by Crippen LogP contribution is 2.24. The van der Waals surface area contributed by atoms with Gasteiger partial charge in [0.2, 0.25) is 0 Å². The van der Waals surface area contributed by atoms with E-state index < -0.39 is 0 Å². The molecule has 1 aliphatic rings. The van der Waals surface area contributed by atoms with Crippen molar-refractivity contribution in [2.45, 2.75) is 44.2 Å². The van der Waals surface area contributed by atoms with E-state index in [9.17, 15) is 4.79 Å². The number of carbonyl (C=O) groups is 1. The fraction of sp³-hybridized carbons (Fsp3) is 0.643. The molecule has 5 nitrogen and oxygen atoms in total. The van der Waals surface area contributed by atoms with Crippen LogP contribution in [0.2, 0.25) is 0 Å². The number of aromatic nitrogens is 2. The molecule has 0 aromatic carbocycles. The summed E-state index contributed by atoms with van der Waals surface area (Å²) in [5.74, 6) is 0.976. The summed E-state index contributed by atoms with van der Waals surface area (Å²) in [5.41, 5.74) is 0. The Kier molecular flexibility index (Phi) is 5.64. The van der Waals surface area contributed by atoms with Gasteiger partial charge < -0.3 is 9.64 Å². The molecule has 0 spiro atoms. The summed E-state index contributed by atoms with van der Waals surface area (Å²) < 4.78 is 4.91. The molecule has 0 aliphatic carbocycles. The van der Waals surface area contributed by atoms with Crippen LogP contribution >= 0.6 is 11.8 Å². The molecule has 1 fully saturated rings. The molecule has 2 heterocycles. The third-order valence-electron chi connectivity index (χ3n) is 3.34. The summed E-state index contributed by atoms with van der Waals surface area (Å²) in [6.07, 6.45) is 7.18. The number of esters is 1. The third-order valence-corrected chi connectivity index (χ3v) is 4.21. The first kappa shape index (κ1) is 15.1. The average molecular weight is 295 g/mol. The van der Waals surface area contributed by atoms with E-state index in [1.165, 1.54) is 31.0 Å². The molecule has 0 radical (unpaired) electrons. The van der Waals surface area contributed by atoms with Crippen LogP contribution < -0.4 is 4.90 Å². The van der Waals surface area contributed by atoms with Crippen molar-refractivity contribution in [3.63, 3.8) is 0 Å². The highest BCUT2D eigenvalue weighted by Gasteiger charge is 2.20. The minimum atomic E-state index is -0.212. The molecule has 0 N–H and O–H groups in total. The Labute approximate surface area is 124 Å². The predicted molar refractivity (Wildman–Crippen MR) is 80.0 cm³/mol. The summed E-state index contributed by atoms with van der Waals surface area (Å²) in [6, 6.07) is 0.503. The summed E-state index contributed by atoms with van der Waals surface area (Å²) in [4.78, 5) is 22.5. The van der Waals surface area contributed by atoms with Crippen LogP contribution in [-0.4, -0.2) is 40.9 Å². The Morgan fingerprint density at radius 3 is 3.10 bits per heavy atom. The maximum Gasteiger partial charge on any atom is 0.316 e. The number of nitrogens with zero attached hydrogens (tertiary/aromatic N) is 3. The molecule has 0 amide bonds. The second-order valence-electron chi connectivity index (χ2n) is 4.85. The second-order valence-corrected chi connectivity index (χ2v) is 5.84. The maximum absolute atomic E-state index is 11.4. The van der Waals surface area contributed by atoms with Crippen molar-refractivity contribution >= 4 is 23.5 Å². The van der Waals surface area contributed by atoms with Gasteiger partial charge in [0.05, 0.1) is 24.8 Å². The SMILES string of the molecule is CCOC(=O)CSc1cncc(N2CCCCC2C)n1. The quantitative estimate of drug-likeness (QED) is 0.614.